The highest BCUT2D eigenvalue weighted by Gasteiger charge is 2.21. The molecule has 0 unspecified atom stereocenters. The molecule has 0 saturated carbocycles. The third-order valence-corrected chi connectivity index (χ3v) is 3.94. The summed E-state index contributed by atoms with van der Waals surface area (Å²) < 4.78 is 19.9. The van der Waals surface area contributed by atoms with Gasteiger partial charge in [-0.1, -0.05) is 6.92 Å². The number of amides is 1. The Balaban J connectivity index is 2.22. The molecule has 26 heavy (non-hydrogen) atoms. The first kappa shape index (κ1) is 17.5. The minimum Gasteiger partial charge on any atom is -0.496 e. The summed E-state index contributed by atoms with van der Waals surface area (Å²) in [5.74, 6) is -0.485. The van der Waals surface area contributed by atoms with Crippen LogP contribution >= 0.6 is 0 Å². The van der Waals surface area contributed by atoms with Gasteiger partial charge in [-0.25, -0.2) is 4.39 Å². The van der Waals surface area contributed by atoms with Gasteiger partial charge in [0.25, 0.3) is 5.91 Å². The maximum Gasteiger partial charge on any atom is 0.273 e. The quantitative estimate of drug-likeness (QED) is 0.729. The van der Waals surface area contributed by atoms with Gasteiger partial charge in [0, 0.05) is 29.9 Å². The SMILES string of the molecule is CCCNC(=O)c1nnc2c(-c3cnccc3OC)c(F)ccc2c1N. The molecule has 0 aliphatic rings. The molecule has 134 valence electrons. The van der Waals surface area contributed by atoms with E-state index < -0.39 is 11.7 Å². The Labute approximate surface area is 149 Å². The molecule has 3 aromatic rings. The molecule has 2 aromatic heterocycles. The molecule has 7 nitrogen and oxygen atoms in total. The van der Waals surface area contributed by atoms with E-state index in [1.165, 1.54) is 25.4 Å². The summed E-state index contributed by atoms with van der Waals surface area (Å²) in [4.78, 5) is 16.2. The second kappa shape index (κ2) is 7.30. The lowest BCUT2D eigenvalue weighted by atomic mass is 10.0. The fourth-order valence-electron chi connectivity index (χ4n) is 2.66. The van der Waals surface area contributed by atoms with Crippen molar-refractivity contribution in [3.05, 3.63) is 42.1 Å². The fraction of sp³-hybridized carbons (Fsp3) is 0.222. The average Bonchev–Trinajstić information content (AvgIpc) is 2.66. The number of rotatable bonds is 5. The van der Waals surface area contributed by atoms with Gasteiger partial charge in [-0.15, -0.1) is 10.2 Å². The zero-order chi connectivity index (χ0) is 18.7. The Morgan fingerprint density at radius 3 is 2.85 bits per heavy atom. The van der Waals surface area contributed by atoms with Crippen LogP contribution in [0.2, 0.25) is 0 Å². The number of ether oxygens (including phenoxy) is 1. The molecule has 3 N–H and O–H groups in total. The molecule has 0 atom stereocenters. The third kappa shape index (κ3) is 3.01. The first-order chi connectivity index (χ1) is 12.6. The standard InChI is InChI=1S/C18H18FN5O2/c1-3-7-22-18(25)17-15(20)10-4-5-12(19)14(16(10)23-24-17)11-9-21-8-6-13(11)26-2/h4-6,8-9H,3,7H2,1-2H3,(H2,20,23)(H,22,25). The monoisotopic (exact) mass is 355 g/mol. The van der Waals surface area contributed by atoms with Crippen molar-refractivity contribution in [2.75, 3.05) is 19.4 Å². The van der Waals surface area contributed by atoms with E-state index in [0.29, 0.717) is 23.2 Å². The number of anilines is 1. The van der Waals surface area contributed by atoms with Crippen LogP contribution in [-0.4, -0.2) is 34.7 Å². The maximum atomic E-state index is 14.6. The van der Waals surface area contributed by atoms with Crippen LogP contribution in [0, 0.1) is 5.82 Å². The van der Waals surface area contributed by atoms with Crippen molar-refractivity contribution < 1.29 is 13.9 Å². The predicted molar refractivity (Wildman–Crippen MR) is 96.3 cm³/mol. The van der Waals surface area contributed by atoms with E-state index >= 15 is 0 Å². The summed E-state index contributed by atoms with van der Waals surface area (Å²) in [6.45, 7) is 2.44. The largest absolute Gasteiger partial charge is 0.496 e. The van der Waals surface area contributed by atoms with Crippen molar-refractivity contribution in [2.24, 2.45) is 0 Å². The second-order valence-electron chi connectivity index (χ2n) is 5.61. The van der Waals surface area contributed by atoms with E-state index in [2.05, 4.69) is 20.5 Å². The van der Waals surface area contributed by atoms with Gasteiger partial charge in [0.1, 0.15) is 17.1 Å². The first-order valence-electron chi connectivity index (χ1n) is 8.09. The lowest BCUT2D eigenvalue weighted by Crippen LogP contribution is -2.26. The van der Waals surface area contributed by atoms with Crippen molar-refractivity contribution in [3.63, 3.8) is 0 Å². The van der Waals surface area contributed by atoms with E-state index in [9.17, 15) is 9.18 Å². The molecule has 0 aliphatic carbocycles. The number of halogens is 1. The highest BCUT2D eigenvalue weighted by atomic mass is 19.1. The van der Waals surface area contributed by atoms with E-state index in [1.54, 1.807) is 12.3 Å². The minimum absolute atomic E-state index is 0.0154. The van der Waals surface area contributed by atoms with Crippen LogP contribution in [-0.2, 0) is 0 Å². The maximum absolute atomic E-state index is 14.6. The van der Waals surface area contributed by atoms with Crippen molar-refractivity contribution in [1.29, 1.82) is 0 Å². The molecule has 1 aromatic carbocycles. The number of nitrogens with two attached hydrogens (primary N) is 1. The van der Waals surface area contributed by atoms with E-state index in [4.69, 9.17) is 10.5 Å². The van der Waals surface area contributed by atoms with Crippen LogP contribution in [0.25, 0.3) is 22.0 Å². The summed E-state index contributed by atoms with van der Waals surface area (Å²) in [6, 6.07) is 4.38. The van der Waals surface area contributed by atoms with Crippen molar-refractivity contribution in [3.8, 4) is 16.9 Å². The Bertz CT molecular complexity index is 977. The number of benzene rings is 1. The van der Waals surface area contributed by atoms with Gasteiger partial charge in [0.05, 0.1) is 18.4 Å². The van der Waals surface area contributed by atoms with Gasteiger partial charge in [-0.3, -0.25) is 9.78 Å². The second-order valence-corrected chi connectivity index (χ2v) is 5.61. The molecule has 0 saturated heterocycles. The number of fused-ring (bicyclic) bond motifs is 1. The molecule has 0 aliphatic heterocycles. The van der Waals surface area contributed by atoms with E-state index in [1.807, 2.05) is 6.92 Å². The highest BCUT2D eigenvalue weighted by Crippen LogP contribution is 2.37. The number of hydrogen-bond acceptors (Lipinski definition) is 6. The number of aromatic nitrogens is 3. The molecule has 0 fully saturated rings. The van der Waals surface area contributed by atoms with Gasteiger partial charge in [0.15, 0.2) is 5.69 Å². The van der Waals surface area contributed by atoms with Crippen LogP contribution in [0.3, 0.4) is 0 Å². The number of hydrogen-bond donors (Lipinski definition) is 2. The lowest BCUT2D eigenvalue weighted by molar-refractivity contribution is 0.0949. The zero-order valence-electron chi connectivity index (χ0n) is 14.4. The highest BCUT2D eigenvalue weighted by molar-refractivity contribution is 6.07. The van der Waals surface area contributed by atoms with Crippen molar-refractivity contribution in [2.45, 2.75) is 13.3 Å². The lowest BCUT2D eigenvalue weighted by Gasteiger charge is -2.13. The number of nitrogens with zero attached hydrogens (tertiary/aromatic N) is 3. The zero-order valence-corrected chi connectivity index (χ0v) is 14.4. The number of nitrogens with one attached hydrogen (secondary N) is 1. The van der Waals surface area contributed by atoms with Gasteiger partial charge >= 0.3 is 0 Å². The molecular weight excluding hydrogens is 337 g/mol. The normalized spacial score (nSPS) is 10.7. The van der Waals surface area contributed by atoms with Crippen molar-refractivity contribution >= 4 is 22.5 Å². The molecule has 0 bridgehead atoms. The van der Waals surface area contributed by atoms with E-state index in [0.717, 1.165) is 6.42 Å². The summed E-state index contributed by atoms with van der Waals surface area (Å²) in [6.07, 6.45) is 3.81. The third-order valence-electron chi connectivity index (χ3n) is 3.94. The minimum atomic E-state index is -0.513. The average molecular weight is 355 g/mol. The number of pyridine rings is 1. The Morgan fingerprint density at radius 2 is 2.12 bits per heavy atom. The van der Waals surface area contributed by atoms with Gasteiger partial charge in [-0.2, -0.15) is 0 Å². The molecule has 1 amide bonds. The summed E-state index contributed by atoms with van der Waals surface area (Å²) in [5.41, 5.74) is 7.12. The smallest absolute Gasteiger partial charge is 0.273 e. The molecule has 2 heterocycles. The number of nitrogen functional groups attached to an aromatic ring is 1. The number of carbonyl (C=O) groups excluding carboxylic acids is 1. The van der Waals surface area contributed by atoms with Gasteiger partial charge in [0.2, 0.25) is 0 Å². The molecule has 0 radical (unpaired) electrons. The fourth-order valence-corrected chi connectivity index (χ4v) is 2.66. The number of carbonyl (C=O) groups is 1. The van der Waals surface area contributed by atoms with Crippen LogP contribution in [0.5, 0.6) is 5.75 Å². The molecule has 0 spiro atoms. The summed E-state index contributed by atoms with van der Waals surface area (Å²) in [5, 5.41) is 11.1. The predicted octanol–water partition coefficient (Wildman–Crippen LogP) is 2.56. The molecule has 3 rings (SSSR count). The van der Waals surface area contributed by atoms with Gasteiger partial charge in [-0.05, 0) is 24.6 Å². The van der Waals surface area contributed by atoms with E-state index in [-0.39, 0.29) is 22.5 Å². The van der Waals surface area contributed by atoms with Crippen LogP contribution < -0.4 is 15.8 Å². The number of methoxy groups -OCH3 is 1. The van der Waals surface area contributed by atoms with Gasteiger partial charge < -0.3 is 15.8 Å². The topological polar surface area (TPSA) is 103 Å². The Kier molecular flexibility index (Phi) is 4.92. The van der Waals surface area contributed by atoms with Crippen LogP contribution in [0.15, 0.2) is 30.6 Å². The first-order valence-corrected chi connectivity index (χ1v) is 8.09. The summed E-state index contributed by atoms with van der Waals surface area (Å²) >= 11 is 0. The summed E-state index contributed by atoms with van der Waals surface area (Å²) in [7, 11) is 1.48. The van der Waals surface area contributed by atoms with Crippen LogP contribution in [0.4, 0.5) is 10.1 Å². The van der Waals surface area contributed by atoms with Crippen molar-refractivity contribution in [1.82, 2.24) is 20.5 Å². The Hall–Kier alpha value is -3.29. The molecular formula is C18H18FN5O2. The molecule has 8 heteroatoms. The van der Waals surface area contributed by atoms with Crippen LogP contribution in [0.1, 0.15) is 23.8 Å². The Morgan fingerprint density at radius 1 is 1.31 bits per heavy atom.